The van der Waals surface area contributed by atoms with Gasteiger partial charge in [0, 0.05) is 36.1 Å². The van der Waals surface area contributed by atoms with Gasteiger partial charge < -0.3 is 19.9 Å². The summed E-state index contributed by atoms with van der Waals surface area (Å²) in [5, 5.41) is 3.40. The molecule has 0 aromatic carbocycles. The molecule has 1 unspecified atom stereocenters. The van der Waals surface area contributed by atoms with Crippen molar-refractivity contribution < 1.29 is 9.53 Å². The highest BCUT2D eigenvalue weighted by atomic mass is 16.5. The smallest absolute Gasteiger partial charge is 0.225 e. The van der Waals surface area contributed by atoms with Crippen molar-refractivity contribution in [1.29, 1.82) is 0 Å². The number of amides is 1. The van der Waals surface area contributed by atoms with Crippen LogP contribution in [0, 0.1) is 19.8 Å². The quantitative estimate of drug-likeness (QED) is 0.766. The minimum Gasteiger partial charge on any atom is -0.368 e. The van der Waals surface area contributed by atoms with Gasteiger partial charge in [-0.2, -0.15) is 0 Å². The van der Waals surface area contributed by atoms with Crippen LogP contribution < -0.4 is 5.32 Å². The predicted octanol–water partition coefficient (Wildman–Crippen LogP) is 3.86. The molecule has 1 amide bonds. The third-order valence-corrected chi connectivity index (χ3v) is 6.56. The molecular formula is C25H35N5O2. The SMILES string of the molecule is Cc1cc(Nc2ncccc2C)cc(C2CN(C(=O)C3CCN(C(C)C)CC3)CCO2)n1. The Balaban J connectivity index is 1.43. The van der Waals surface area contributed by atoms with Gasteiger partial charge in [-0.15, -0.1) is 0 Å². The fourth-order valence-corrected chi connectivity index (χ4v) is 4.63. The summed E-state index contributed by atoms with van der Waals surface area (Å²) in [6, 6.07) is 8.53. The molecular weight excluding hydrogens is 402 g/mol. The zero-order valence-electron chi connectivity index (χ0n) is 19.7. The van der Waals surface area contributed by atoms with Crippen molar-refractivity contribution in [2.75, 3.05) is 38.1 Å². The molecule has 1 N–H and O–H groups in total. The molecule has 2 fully saturated rings. The van der Waals surface area contributed by atoms with Gasteiger partial charge in [0.25, 0.3) is 0 Å². The molecule has 2 saturated heterocycles. The van der Waals surface area contributed by atoms with Crippen LogP contribution in [0.4, 0.5) is 11.5 Å². The predicted molar refractivity (Wildman–Crippen MR) is 126 cm³/mol. The van der Waals surface area contributed by atoms with Crippen molar-refractivity contribution in [2.24, 2.45) is 5.92 Å². The summed E-state index contributed by atoms with van der Waals surface area (Å²) in [5.74, 6) is 1.23. The number of likely N-dealkylation sites (tertiary alicyclic amines) is 1. The Morgan fingerprint density at radius 1 is 1.19 bits per heavy atom. The summed E-state index contributed by atoms with van der Waals surface area (Å²) in [5.41, 5.74) is 3.78. The van der Waals surface area contributed by atoms with Gasteiger partial charge in [0.2, 0.25) is 5.91 Å². The number of rotatable bonds is 5. The van der Waals surface area contributed by atoms with Gasteiger partial charge in [0.05, 0.1) is 18.8 Å². The van der Waals surface area contributed by atoms with Crippen LogP contribution in [0.3, 0.4) is 0 Å². The lowest BCUT2D eigenvalue weighted by Gasteiger charge is -2.38. The number of aromatic nitrogens is 2. The van der Waals surface area contributed by atoms with Gasteiger partial charge >= 0.3 is 0 Å². The van der Waals surface area contributed by atoms with Crippen LogP contribution in [0.15, 0.2) is 30.5 Å². The number of nitrogens with zero attached hydrogens (tertiary/aromatic N) is 4. The summed E-state index contributed by atoms with van der Waals surface area (Å²) in [6.07, 6.45) is 3.45. The maximum absolute atomic E-state index is 13.2. The molecule has 1 atom stereocenters. The molecule has 2 aromatic heterocycles. The highest BCUT2D eigenvalue weighted by Gasteiger charge is 2.33. The van der Waals surface area contributed by atoms with Gasteiger partial charge in [0.1, 0.15) is 11.9 Å². The number of hydrogen-bond donors (Lipinski definition) is 1. The minimum absolute atomic E-state index is 0.124. The van der Waals surface area contributed by atoms with Crippen LogP contribution >= 0.6 is 0 Å². The van der Waals surface area contributed by atoms with Crippen LogP contribution in [-0.4, -0.2) is 64.5 Å². The second-order valence-electron chi connectivity index (χ2n) is 9.26. The maximum Gasteiger partial charge on any atom is 0.225 e. The Morgan fingerprint density at radius 3 is 2.69 bits per heavy atom. The van der Waals surface area contributed by atoms with Crippen LogP contribution in [0.5, 0.6) is 0 Å². The minimum atomic E-state index is -0.214. The molecule has 7 nitrogen and oxygen atoms in total. The molecule has 2 aliphatic rings. The number of anilines is 2. The van der Waals surface area contributed by atoms with Crippen molar-refractivity contribution in [2.45, 2.75) is 52.7 Å². The Bertz CT molecular complexity index is 940. The first-order valence-corrected chi connectivity index (χ1v) is 11.7. The molecule has 4 heterocycles. The second kappa shape index (κ2) is 9.96. The molecule has 32 heavy (non-hydrogen) atoms. The van der Waals surface area contributed by atoms with Gasteiger partial charge in [0.15, 0.2) is 0 Å². The fourth-order valence-electron chi connectivity index (χ4n) is 4.63. The van der Waals surface area contributed by atoms with E-state index in [2.05, 4.69) is 29.0 Å². The van der Waals surface area contributed by atoms with E-state index in [1.807, 2.05) is 43.0 Å². The highest BCUT2D eigenvalue weighted by molar-refractivity contribution is 5.79. The highest BCUT2D eigenvalue weighted by Crippen LogP contribution is 2.28. The number of hydrogen-bond acceptors (Lipinski definition) is 6. The zero-order valence-corrected chi connectivity index (χ0v) is 19.7. The number of aryl methyl sites for hydroxylation is 2. The van der Waals surface area contributed by atoms with Gasteiger partial charge in [-0.1, -0.05) is 6.07 Å². The number of carbonyl (C=O) groups excluding carboxylic acids is 1. The Morgan fingerprint density at radius 2 is 1.97 bits per heavy atom. The number of pyridine rings is 2. The van der Waals surface area contributed by atoms with Gasteiger partial charge in [-0.3, -0.25) is 9.78 Å². The third-order valence-electron chi connectivity index (χ3n) is 6.56. The van der Waals surface area contributed by atoms with Crippen LogP contribution in [0.2, 0.25) is 0 Å². The van der Waals surface area contributed by atoms with E-state index in [9.17, 15) is 4.79 Å². The summed E-state index contributed by atoms with van der Waals surface area (Å²) in [6.45, 7) is 12.2. The molecule has 172 valence electrons. The molecule has 2 aliphatic heterocycles. The lowest BCUT2D eigenvalue weighted by Crippen LogP contribution is -2.48. The number of nitrogens with one attached hydrogen (secondary N) is 1. The van der Waals surface area contributed by atoms with E-state index in [0.717, 1.165) is 54.4 Å². The van der Waals surface area contributed by atoms with E-state index < -0.39 is 0 Å². The molecule has 0 radical (unpaired) electrons. The van der Waals surface area contributed by atoms with E-state index in [-0.39, 0.29) is 17.9 Å². The van der Waals surface area contributed by atoms with Crippen molar-refractivity contribution in [1.82, 2.24) is 19.8 Å². The van der Waals surface area contributed by atoms with Crippen LogP contribution in [-0.2, 0) is 9.53 Å². The normalized spacial score (nSPS) is 20.5. The third kappa shape index (κ3) is 5.27. The van der Waals surface area contributed by atoms with Crippen molar-refractivity contribution in [3.8, 4) is 0 Å². The monoisotopic (exact) mass is 437 g/mol. The van der Waals surface area contributed by atoms with E-state index in [1.54, 1.807) is 6.20 Å². The topological polar surface area (TPSA) is 70.6 Å². The van der Waals surface area contributed by atoms with E-state index >= 15 is 0 Å². The molecule has 0 bridgehead atoms. The summed E-state index contributed by atoms with van der Waals surface area (Å²) < 4.78 is 6.06. The number of ether oxygens (including phenoxy) is 1. The lowest BCUT2D eigenvalue weighted by molar-refractivity contribution is -0.145. The largest absolute Gasteiger partial charge is 0.368 e. The van der Waals surface area contributed by atoms with Crippen molar-refractivity contribution in [3.05, 3.63) is 47.4 Å². The fraction of sp³-hybridized carbons (Fsp3) is 0.560. The standard InChI is InChI=1S/C25H35N5O2/c1-17(2)29-10-7-20(8-11-29)25(31)30-12-13-32-23(16-30)22-15-21(14-19(4)27-22)28-24-18(3)6-5-9-26-24/h5-6,9,14-15,17,20,23H,7-8,10-13,16H2,1-4H3,(H,26,27,28). The number of carbonyl (C=O) groups is 1. The lowest BCUT2D eigenvalue weighted by atomic mass is 9.94. The zero-order chi connectivity index (χ0) is 22.7. The first-order chi connectivity index (χ1) is 15.4. The van der Waals surface area contributed by atoms with E-state index in [1.165, 1.54) is 0 Å². The van der Waals surface area contributed by atoms with Gasteiger partial charge in [-0.25, -0.2) is 4.98 Å². The first-order valence-electron chi connectivity index (χ1n) is 11.7. The Labute approximate surface area is 191 Å². The summed E-state index contributed by atoms with van der Waals surface area (Å²) in [7, 11) is 0. The number of piperidine rings is 1. The Kier molecular flexibility index (Phi) is 7.06. The van der Waals surface area contributed by atoms with Crippen molar-refractivity contribution >= 4 is 17.4 Å². The van der Waals surface area contributed by atoms with Crippen LogP contribution in [0.1, 0.15) is 49.7 Å². The second-order valence-corrected chi connectivity index (χ2v) is 9.26. The molecule has 7 heteroatoms. The van der Waals surface area contributed by atoms with Crippen LogP contribution in [0.25, 0.3) is 0 Å². The Hall–Kier alpha value is -2.51. The average Bonchev–Trinajstić information content (AvgIpc) is 2.80. The average molecular weight is 438 g/mol. The maximum atomic E-state index is 13.2. The summed E-state index contributed by atoms with van der Waals surface area (Å²) >= 11 is 0. The molecule has 0 saturated carbocycles. The number of morpholine rings is 1. The van der Waals surface area contributed by atoms with E-state index in [0.29, 0.717) is 25.7 Å². The van der Waals surface area contributed by atoms with Crippen molar-refractivity contribution in [3.63, 3.8) is 0 Å². The molecule has 0 spiro atoms. The van der Waals surface area contributed by atoms with Gasteiger partial charge in [-0.05, 0) is 77.4 Å². The molecule has 0 aliphatic carbocycles. The summed E-state index contributed by atoms with van der Waals surface area (Å²) in [4.78, 5) is 26.8. The molecule has 4 rings (SSSR count). The first kappa shape index (κ1) is 22.7. The van der Waals surface area contributed by atoms with E-state index in [4.69, 9.17) is 9.72 Å². The molecule has 2 aromatic rings.